The molecule has 0 saturated heterocycles. The van der Waals surface area contributed by atoms with Crippen LogP contribution >= 0.6 is 23.4 Å². The van der Waals surface area contributed by atoms with Crippen molar-refractivity contribution in [2.75, 3.05) is 0 Å². The fourth-order valence-corrected chi connectivity index (χ4v) is 2.18. The molecule has 3 nitrogen and oxygen atoms in total. The number of thioether (sulfide) groups is 1. The molecular weight excluding hydrogens is 280 g/mol. The molecule has 19 heavy (non-hydrogen) atoms. The molecule has 2 aromatic rings. The average Bonchev–Trinajstić information content (AvgIpc) is 2.40. The van der Waals surface area contributed by atoms with E-state index in [1.165, 1.54) is 11.8 Å². The molecule has 0 aliphatic heterocycles. The first-order valence-corrected chi connectivity index (χ1v) is 6.99. The first kappa shape index (κ1) is 13.8. The Morgan fingerprint density at radius 3 is 2.53 bits per heavy atom. The lowest BCUT2D eigenvalue weighted by Crippen LogP contribution is -2.04. The Bertz CT molecular complexity index is 572. The number of amidine groups is 1. The van der Waals surface area contributed by atoms with Gasteiger partial charge in [-0.1, -0.05) is 41.6 Å². The van der Waals surface area contributed by atoms with Crippen LogP contribution in [0, 0.1) is 5.41 Å². The lowest BCUT2D eigenvalue weighted by Gasteiger charge is -2.10. The number of ether oxygens (including phenoxy) is 1. The van der Waals surface area contributed by atoms with E-state index in [-0.39, 0.29) is 5.17 Å². The van der Waals surface area contributed by atoms with Crippen molar-refractivity contribution in [1.29, 1.82) is 5.41 Å². The minimum Gasteiger partial charge on any atom is -0.457 e. The maximum absolute atomic E-state index is 7.24. The Balaban J connectivity index is 2.15. The summed E-state index contributed by atoms with van der Waals surface area (Å²) in [6.45, 7) is 0. The highest BCUT2D eigenvalue weighted by molar-refractivity contribution is 8.13. The number of hydrogen-bond donors (Lipinski definition) is 2. The molecule has 0 unspecified atom stereocenters. The van der Waals surface area contributed by atoms with E-state index in [1.807, 2.05) is 36.4 Å². The molecule has 0 heterocycles. The monoisotopic (exact) mass is 292 g/mol. The van der Waals surface area contributed by atoms with Gasteiger partial charge in [-0.25, -0.2) is 0 Å². The van der Waals surface area contributed by atoms with E-state index in [1.54, 1.807) is 12.1 Å². The summed E-state index contributed by atoms with van der Waals surface area (Å²) in [6.07, 6.45) is 0. The van der Waals surface area contributed by atoms with Crippen LogP contribution in [0.15, 0.2) is 48.5 Å². The fourth-order valence-electron chi connectivity index (χ4n) is 1.51. The molecular formula is C14H13ClN2OS. The summed E-state index contributed by atoms with van der Waals surface area (Å²) in [5.74, 6) is 2.10. The first-order chi connectivity index (χ1) is 9.15. The normalized spacial score (nSPS) is 10.2. The van der Waals surface area contributed by atoms with E-state index in [0.29, 0.717) is 10.8 Å². The number of halogens is 1. The molecule has 0 aliphatic rings. The van der Waals surface area contributed by atoms with Crippen molar-refractivity contribution in [2.45, 2.75) is 5.75 Å². The number of nitrogens with one attached hydrogen (secondary N) is 1. The van der Waals surface area contributed by atoms with Crippen molar-refractivity contribution in [3.8, 4) is 11.5 Å². The second-order valence-electron chi connectivity index (χ2n) is 3.82. The van der Waals surface area contributed by atoms with Gasteiger partial charge in [0.25, 0.3) is 0 Å². The summed E-state index contributed by atoms with van der Waals surface area (Å²) >= 11 is 7.11. The summed E-state index contributed by atoms with van der Waals surface area (Å²) in [6, 6.07) is 14.9. The van der Waals surface area contributed by atoms with Crippen molar-refractivity contribution in [3.63, 3.8) is 0 Å². The molecule has 0 fully saturated rings. The Kier molecular flexibility index (Phi) is 4.71. The molecule has 0 aliphatic carbocycles. The third-order valence-electron chi connectivity index (χ3n) is 2.40. The summed E-state index contributed by atoms with van der Waals surface area (Å²) in [5.41, 5.74) is 6.35. The quantitative estimate of drug-likeness (QED) is 0.654. The van der Waals surface area contributed by atoms with E-state index in [4.69, 9.17) is 27.5 Å². The van der Waals surface area contributed by atoms with Gasteiger partial charge in [0.05, 0.1) is 0 Å². The van der Waals surface area contributed by atoms with Crippen molar-refractivity contribution >= 4 is 28.5 Å². The van der Waals surface area contributed by atoms with Gasteiger partial charge in [0.15, 0.2) is 5.17 Å². The second kappa shape index (κ2) is 6.50. The van der Waals surface area contributed by atoms with Crippen molar-refractivity contribution < 1.29 is 4.74 Å². The summed E-state index contributed by atoms with van der Waals surface area (Å²) in [7, 11) is 0. The lowest BCUT2D eigenvalue weighted by atomic mass is 10.2. The first-order valence-electron chi connectivity index (χ1n) is 5.63. The summed E-state index contributed by atoms with van der Waals surface area (Å²) in [5, 5.41) is 8.02. The Morgan fingerprint density at radius 2 is 1.84 bits per heavy atom. The molecule has 0 spiro atoms. The number of para-hydroxylation sites is 1. The van der Waals surface area contributed by atoms with E-state index in [0.717, 1.165) is 17.1 Å². The van der Waals surface area contributed by atoms with E-state index in [2.05, 4.69) is 0 Å². The van der Waals surface area contributed by atoms with Gasteiger partial charge in [-0.05, 0) is 30.3 Å². The molecule has 5 heteroatoms. The van der Waals surface area contributed by atoms with Gasteiger partial charge in [0, 0.05) is 16.3 Å². The van der Waals surface area contributed by atoms with E-state index in [9.17, 15) is 0 Å². The number of hydrogen-bond acceptors (Lipinski definition) is 3. The predicted molar refractivity (Wildman–Crippen MR) is 81.2 cm³/mol. The SMILES string of the molecule is N=C(N)SCc1ccccc1Oc1ccc(Cl)cc1. The standard InChI is InChI=1S/C14H13ClN2OS/c15-11-5-7-12(8-6-11)18-13-4-2-1-3-10(13)9-19-14(16)17/h1-8H,9H2,(H3,16,17). The highest BCUT2D eigenvalue weighted by atomic mass is 35.5. The van der Waals surface area contributed by atoms with Gasteiger partial charge >= 0.3 is 0 Å². The number of nitrogens with two attached hydrogens (primary N) is 1. The fraction of sp³-hybridized carbons (Fsp3) is 0.0714. The molecule has 0 saturated carbocycles. The van der Waals surface area contributed by atoms with Crippen LogP contribution in [-0.4, -0.2) is 5.17 Å². The Labute approximate surface area is 121 Å². The zero-order valence-electron chi connectivity index (χ0n) is 10.1. The maximum Gasteiger partial charge on any atom is 0.151 e. The van der Waals surface area contributed by atoms with Crippen LogP contribution < -0.4 is 10.5 Å². The maximum atomic E-state index is 7.24. The third-order valence-corrected chi connectivity index (χ3v) is 3.42. The predicted octanol–water partition coefficient (Wildman–Crippen LogP) is 4.26. The van der Waals surface area contributed by atoms with Crippen LogP contribution in [0.25, 0.3) is 0 Å². The molecule has 0 atom stereocenters. The van der Waals surface area contributed by atoms with Crippen LogP contribution in [0.1, 0.15) is 5.56 Å². The van der Waals surface area contributed by atoms with Gasteiger partial charge in [-0.3, -0.25) is 5.41 Å². The summed E-state index contributed by atoms with van der Waals surface area (Å²) < 4.78 is 5.81. The molecule has 2 rings (SSSR count). The van der Waals surface area contributed by atoms with E-state index < -0.39 is 0 Å². The molecule has 3 N–H and O–H groups in total. The van der Waals surface area contributed by atoms with Gasteiger partial charge in [-0.15, -0.1) is 0 Å². The lowest BCUT2D eigenvalue weighted by molar-refractivity contribution is 0.478. The average molecular weight is 293 g/mol. The second-order valence-corrected chi connectivity index (χ2v) is 5.27. The third kappa shape index (κ3) is 4.19. The van der Waals surface area contributed by atoms with Crippen molar-refractivity contribution in [2.24, 2.45) is 5.73 Å². The number of rotatable bonds is 4. The number of benzene rings is 2. The highest BCUT2D eigenvalue weighted by Gasteiger charge is 2.05. The minimum absolute atomic E-state index is 0.0984. The van der Waals surface area contributed by atoms with Crippen LogP contribution in [0.5, 0.6) is 11.5 Å². The van der Waals surface area contributed by atoms with Gasteiger partial charge < -0.3 is 10.5 Å². The van der Waals surface area contributed by atoms with Crippen LogP contribution in [-0.2, 0) is 5.75 Å². The zero-order chi connectivity index (χ0) is 13.7. The molecule has 0 amide bonds. The van der Waals surface area contributed by atoms with Crippen LogP contribution in [0.4, 0.5) is 0 Å². The van der Waals surface area contributed by atoms with Crippen molar-refractivity contribution in [1.82, 2.24) is 0 Å². The minimum atomic E-state index is 0.0984. The zero-order valence-corrected chi connectivity index (χ0v) is 11.7. The largest absolute Gasteiger partial charge is 0.457 e. The van der Waals surface area contributed by atoms with Crippen LogP contribution in [0.3, 0.4) is 0 Å². The van der Waals surface area contributed by atoms with Gasteiger partial charge in [0.1, 0.15) is 11.5 Å². The summed E-state index contributed by atoms with van der Waals surface area (Å²) in [4.78, 5) is 0. The van der Waals surface area contributed by atoms with E-state index >= 15 is 0 Å². The molecule has 0 bridgehead atoms. The molecule has 2 aromatic carbocycles. The van der Waals surface area contributed by atoms with Gasteiger partial charge in [-0.2, -0.15) is 0 Å². The topological polar surface area (TPSA) is 59.1 Å². The molecule has 0 radical (unpaired) electrons. The Morgan fingerprint density at radius 1 is 1.16 bits per heavy atom. The molecule has 98 valence electrons. The Hall–Kier alpha value is -1.65. The highest BCUT2D eigenvalue weighted by Crippen LogP contribution is 2.28. The smallest absolute Gasteiger partial charge is 0.151 e. The van der Waals surface area contributed by atoms with Crippen LogP contribution in [0.2, 0.25) is 5.02 Å². The van der Waals surface area contributed by atoms with Crippen molar-refractivity contribution in [3.05, 3.63) is 59.1 Å². The van der Waals surface area contributed by atoms with Gasteiger partial charge in [0.2, 0.25) is 0 Å². The molecule has 0 aromatic heterocycles.